The maximum absolute atomic E-state index is 12.6. The van der Waals surface area contributed by atoms with Gasteiger partial charge in [0.05, 0.1) is 0 Å². The zero-order chi connectivity index (χ0) is 14.4. The number of rotatable bonds is 7. The molecule has 5 nitrogen and oxygen atoms in total. The molecule has 1 aromatic carbocycles. The van der Waals surface area contributed by atoms with Crippen molar-refractivity contribution in [2.24, 2.45) is 5.92 Å². The van der Waals surface area contributed by atoms with Crippen LogP contribution in [-0.2, 0) is 9.59 Å². The fourth-order valence-electron chi connectivity index (χ4n) is 1.60. The first kappa shape index (κ1) is 14.8. The number of carboxylic acids is 2. The zero-order valence-electron chi connectivity index (χ0n) is 10.0. The summed E-state index contributed by atoms with van der Waals surface area (Å²) in [6.45, 7) is 0. The highest BCUT2D eigenvalue weighted by atomic mass is 19.1. The fraction of sp³-hybridized carbons (Fsp3) is 0.308. The molecule has 102 valence electrons. The van der Waals surface area contributed by atoms with Crippen molar-refractivity contribution < 1.29 is 29.0 Å². The Morgan fingerprint density at radius 1 is 1.05 bits per heavy atom. The van der Waals surface area contributed by atoms with Crippen molar-refractivity contribution in [2.45, 2.75) is 19.3 Å². The van der Waals surface area contributed by atoms with Crippen molar-refractivity contribution >= 4 is 17.7 Å². The van der Waals surface area contributed by atoms with Gasteiger partial charge in [0.15, 0.2) is 11.7 Å². The van der Waals surface area contributed by atoms with Gasteiger partial charge in [-0.3, -0.25) is 14.4 Å². The van der Waals surface area contributed by atoms with Gasteiger partial charge in [-0.2, -0.15) is 0 Å². The lowest BCUT2D eigenvalue weighted by Gasteiger charge is -2.06. The molecular formula is C13H13FO5. The summed E-state index contributed by atoms with van der Waals surface area (Å²) in [5, 5.41) is 17.3. The first-order valence-electron chi connectivity index (χ1n) is 5.66. The van der Waals surface area contributed by atoms with Gasteiger partial charge in [-0.15, -0.1) is 0 Å². The molecule has 0 radical (unpaired) electrons. The summed E-state index contributed by atoms with van der Waals surface area (Å²) in [6.07, 6.45) is 0.0692. The number of carboxylic acid groups (broad SMARTS) is 2. The van der Waals surface area contributed by atoms with E-state index in [0.29, 0.717) is 5.56 Å². The molecule has 0 saturated carbocycles. The summed E-state index contributed by atoms with van der Waals surface area (Å²) in [5.74, 6) is -5.05. The molecule has 6 heteroatoms. The van der Waals surface area contributed by atoms with Crippen molar-refractivity contribution in [2.75, 3.05) is 0 Å². The van der Waals surface area contributed by atoms with E-state index < -0.39 is 23.7 Å². The highest BCUT2D eigenvalue weighted by Gasteiger charge is 2.25. The lowest BCUT2D eigenvalue weighted by molar-refractivity contribution is -0.154. The van der Waals surface area contributed by atoms with Gasteiger partial charge in [0.1, 0.15) is 5.82 Å². The van der Waals surface area contributed by atoms with E-state index in [1.165, 1.54) is 12.1 Å². The molecule has 0 unspecified atom stereocenters. The normalized spacial score (nSPS) is 10.4. The highest BCUT2D eigenvalue weighted by Crippen LogP contribution is 2.13. The molecule has 0 aliphatic carbocycles. The third kappa shape index (κ3) is 4.50. The molecular weight excluding hydrogens is 255 g/mol. The minimum absolute atomic E-state index is 0.0304. The van der Waals surface area contributed by atoms with Gasteiger partial charge in [0.2, 0.25) is 0 Å². The molecule has 0 aliphatic rings. The molecule has 0 aromatic heterocycles. The second-order valence-corrected chi connectivity index (χ2v) is 4.05. The number of hydrogen-bond acceptors (Lipinski definition) is 3. The third-order valence-electron chi connectivity index (χ3n) is 2.66. The minimum Gasteiger partial charge on any atom is -0.481 e. The van der Waals surface area contributed by atoms with Crippen LogP contribution >= 0.6 is 0 Å². The van der Waals surface area contributed by atoms with Gasteiger partial charge >= 0.3 is 11.9 Å². The van der Waals surface area contributed by atoms with Gasteiger partial charge in [0.25, 0.3) is 0 Å². The molecule has 0 saturated heterocycles. The Hall–Kier alpha value is -2.24. The number of ketones is 1. The SMILES string of the molecule is O=C(CCCC(C(=O)O)C(=O)O)c1ccc(F)cc1. The Bertz CT molecular complexity index is 466. The Balaban J connectivity index is 2.48. The number of hydrogen-bond donors (Lipinski definition) is 2. The summed E-state index contributed by atoms with van der Waals surface area (Å²) in [6, 6.07) is 4.99. The summed E-state index contributed by atoms with van der Waals surface area (Å²) in [7, 11) is 0. The summed E-state index contributed by atoms with van der Waals surface area (Å²) >= 11 is 0. The van der Waals surface area contributed by atoms with Crippen LogP contribution < -0.4 is 0 Å². The van der Waals surface area contributed by atoms with E-state index in [4.69, 9.17) is 10.2 Å². The van der Waals surface area contributed by atoms with Crippen molar-refractivity contribution in [1.29, 1.82) is 0 Å². The van der Waals surface area contributed by atoms with Gasteiger partial charge in [-0.05, 0) is 37.1 Å². The van der Waals surface area contributed by atoms with E-state index in [2.05, 4.69) is 0 Å². The molecule has 0 spiro atoms. The number of halogens is 1. The van der Waals surface area contributed by atoms with E-state index in [0.717, 1.165) is 12.1 Å². The summed E-state index contributed by atoms with van der Waals surface area (Å²) < 4.78 is 12.6. The third-order valence-corrected chi connectivity index (χ3v) is 2.66. The maximum atomic E-state index is 12.6. The first-order valence-corrected chi connectivity index (χ1v) is 5.66. The standard InChI is InChI=1S/C13H13FO5/c14-9-6-4-8(5-7-9)11(15)3-1-2-10(12(16)17)13(18)19/h4-7,10H,1-3H2,(H,16,17)(H,18,19). The first-order chi connectivity index (χ1) is 8.91. The molecule has 0 fully saturated rings. The average molecular weight is 268 g/mol. The second-order valence-electron chi connectivity index (χ2n) is 4.05. The predicted molar refractivity (Wildman–Crippen MR) is 63.3 cm³/mol. The van der Waals surface area contributed by atoms with Crippen LogP contribution in [0.2, 0.25) is 0 Å². The van der Waals surface area contributed by atoms with E-state index in [9.17, 15) is 18.8 Å². The largest absolute Gasteiger partial charge is 0.481 e. The molecule has 19 heavy (non-hydrogen) atoms. The van der Waals surface area contributed by atoms with Gasteiger partial charge in [-0.25, -0.2) is 4.39 Å². The number of Topliss-reactive ketones (excluding diaryl/α,β-unsaturated/α-hetero) is 1. The number of carbonyl (C=O) groups excluding carboxylic acids is 1. The highest BCUT2D eigenvalue weighted by molar-refractivity contribution is 5.96. The van der Waals surface area contributed by atoms with Crippen LogP contribution in [0.3, 0.4) is 0 Å². The topological polar surface area (TPSA) is 91.7 Å². The van der Waals surface area contributed by atoms with E-state index in [-0.39, 0.29) is 25.0 Å². The molecule has 0 atom stereocenters. The quantitative estimate of drug-likeness (QED) is 0.582. The van der Waals surface area contributed by atoms with Crippen molar-refractivity contribution in [3.63, 3.8) is 0 Å². The van der Waals surface area contributed by atoms with Gasteiger partial charge in [-0.1, -0.05) is 0 Å². The average Bonchev–Trinajstić information content (AvgIpc) is 2.34. The van der Waals surface area contributed by atoms with Crippen LogP contribution in [0.25, 0.3) is 0 Å². The lowest BCUT2D eigenvalue weighted by Crippen LogP contribution is -2.23. The Kier molecular flexibility index (Phi) is 5.17. The van der Waals surface area contributed by atoms with Crippen LogP contribution in [0, 0.1) is 11.7 Å². The van der Waals surface area contributed by atoms with Crippen molar-refractivity contribution in [1.82, 2.24) is 0 Å². The van der Waals surface area contributed by atoms with Crippen LogP contribution in [-0.4, -0.2) is 27.9 Å². The number of aliphatic carboxylic acids is 2. The van der Waals surface area contributed by atoms with E-state index >= 15 is 0 Å². The predicted octanol–water partition coefficient (Wildman–Crippen LogP) is 1.96. The second kappa shape index (κ2) is 6.63. The van der Waals surface area contributed by atoms with Gasteiger partial charge < -0.3 is 10.2 Å². The maximum Gasteiger partial charge on any atom is 0.317 e. The van der Waals surface area contributed by atoms with Crippen LogP contribution in [0.15, 0.2) is 24.3 Å². The van der Waals surface area contributed by atoms with Crippen LogP contribution in [0.5, 0.6) is 0 Å². The van der Waals surface area contributed by atoms with Crippen molar-refractivity contribution in [3.05, 3.63) is 35.6 Å². The Labute approximate surface area is 108 Å². The number of benzene rings is 1. The molecule has 2 N–H and O–H groups in total. The van der Waals surface area contributed by atoms with Crippen LogP contribution in [0.1, 0.15) is 29.6 Å². The Morgan fingerprint density at radius 3 is 2.05 bits per heavy atom. The van der Waals surface area contributed by atoms with Crippen molar-refractivity contribution in [3.8, 4) is 0 Å². The zero-order valence-corrected chi connectivity index (χ0v) is 10.0. The summed E-state index contributed by atoms with van der Waals surface area (Å²) in [5.41, 5.74) is 0.323. The monoisotopic (exact) mass is 268 g/mol. The summed E-state index contributed by atoms with van der Waals surface area (Å²) in [4.78, 5) is 32.9. The van der Waals surface area contributed by atoms with E-state index in [1.54, 1.807) is 0 Å². The molecule has 0 amide bonds. The molecule has 1 aromatic rings. The Morgan fingerprint density at radius 2 is 1.58 bits per heavy atom. The minimum atomic E-state index is -1.50. The molecule has 1 rings (SSSR count). The number of carbonyl (C=O) groups is 3. The molecule has 0 bridgehead atoms. The van der Waals surface area contributed by atoms with E-state index in [1.807, 2.05) is 0 Å². The van der Waals surface area contributed by atoms with Crippen LogP contribution in [0.4, 0.5) is 4.39 Å². The molecule has 0 heterocycles. The lowest BCUT2D eigenvalue weighted by atomic mass is 9.99. The fourth-order valence-corrected chi connectivity index (χ4v) is 1.60. The molecule has 0 aliphatic heterocycles. The van der Waals surface area contributed by atoms with Gasteiger partial charge in [0, 0.05) is 12.0 Å². The smallest absolute Gasteiger partial charge is 0.317 e.